The Hall–Kier alpha value is -1.32. The molecule has 1 aromatic carbocycles. The summed E-state index contributed by atoms with van der Waals surface area (Å²) in [5.41, 5.74) is 9.73. The van der Waals surface area contributed by atoms with Gasteiger partial charge in [-0.3, -0.25) is 0 Å². The number of para-hydroxylation sites is 1. The lowest BCUT2D eigenvalue weighted by atomic mass is 9.74. The second-order valence-corrected chi connectivity index (χ2v) is 6.47. The Morgan fingerprint density at radius 2 is 2.11 bits per heavy atom. The third-order valence-electron chi connectivity index (χ3n) is 3.80. The van der Waals surface area contributed by atoms with E-state index in [1.165, 1.54) is 5.69 Å². The van der Waals surface area contributed by atoms with Gasteiger partial charge >= 0.3 is 0 Å². The molecule has 0 saturated carbocycles. The van der Waals surface area contributed by atoms with Gasteiger partial charge in [0.25, 0.3) is 0 Å². The highest BCUT2D eigenvalue weighted by Gasteiger charge is 2.33. The zero-order valence-corrected chi connectivity index (χ0v) is 12.0. The summed E-state index contributed by atoms with van der Waals surface area (Å²) in [6.07, 6.45) is 3.86. The van der Waals surface area contributed by atoms with Crippen LogP contribution in [0.25, 0.3) is 5.69 Å². The van der Waals surface area contributed by atoms with Gasteiger partial charge in [0.05, 0.1) is 16.9 Å². The SMILES string of the molecule is CC1(C)Cc2c(cnn2-c2ccccc2Cl)C(N)C1. The molecule has 100 valence electrons. The lowest BCUT2D eigenvalue weighted by Gasteiger charge is -2.33. The summed E-state index contributed by atoms with van der Waals surface area (Å²) < 4.78 is 1.94. The van der Waals surface area contributed by atoms with Crippen molar-refractivity contribution in [3.05, 3.63) is 46.7 Å². The summed E-state index contributed by atoms with van der Waals surface area (Å²) >= 11 is 6.27. The number of rotatable bonds is 1. The van der Waals surface area contributed by atoms with E-state index in [1.807, 2.05) is 35.1 Å². The van der Waals surface area contributed by atoms with Crippen molar-refractivity contribution in [3.8, 4) is 5.69 Å². The van der Waals surface area contributed by atoms with E-state index in [9.17, 15) is 0 Å². The van der Waals surface area contributed by atoms with Crippen LogP contribution >= 0.6 is 11.6 Å². The Labute approximate surface area is 118 Å². The standard InChI is InChI=1S/C15H18ClN3/c1-15(2)7-12(17)10-9-18-19(14(10)8-15)13-6-4-3-5-11(13)16/h3-6,9,12H,7-8,17H2,1-2H3. The molecule has 1 aliphatic carbocycles. The third kappa shape index (κ3) is 2.17. The topological polar surface area (TPSA) is 43.8 Å². The lowest BCUT2D eigenvalue weighted by Crippen LogP contribution is -2.30. The number of nitrogens with zero attached hydrogens (tertiary/aromatic N) is 2. The van der Waals surface area contributed by atoms with Gasteiger partial charge in [0, 0.05) is 17.3 Å². The Morgan fingerprint density at radius 1 is 1.37 bits per heavy atom. The molecule has 3 nitrogen and oxygen atoms in total. The first-order valence-corrected chi connectivity index (χ1v) is 6.93. The first-order chi connectivity index (χ1) is 8.98. The van der Waals surface area contributed by atoms with Gasteiger partial charge in [0.2, 0.25) is 0 Å². The number of aromatic nitrogens is 2. The first-order valence-electron chi connectivity index (χ1n) is 6.55. The van der Waals surface area contributed by atoms with Gasteiger partial charge in [-0.25, -0.2) is 4.68 Å². The highest BCUT2D eigenvalue weighted by Crippen LogP contribution is 2.40. The number of halogens is 1. The maximum Gasteiger partial charge on any atom is 0.0835 e. The fourth-order valence-corrected chi connectivity index (χ4v) is 3.15. The number of hydrogen-bond acceptors (Lipinski definition) is 2. The Balaban J connectivity index is 2.14. The predicted octanol–water partition coefficient (Wildman–Crippen LogP) is 3.50. The van der Waals surface area contributed by atoms with E-state index in [0.29, 0.717) is 5.02 Å². The monoisotopic (exact) mass is 275 g/mol. The van der Waals surface area contributed by atoms with E-state index < -0.39 is 0 Å². The molecule has 0 radical (unpaired) electrons. The summed E-state index contributed by atoms with van der Waals surface area (Å²) in [7, 11) is 0. The van der Waals surface area contributed by atoms with Gasteiger partial charge in [-0.2, -0.15) is 5.10 Å². The second-order valence-electron chi connectivity index (χ2n) is 6.06. The van der Waals surface area contributed by atoms with Crippen LogP contribution in [0.4, 0.5) is 0 Å². The summed E-state index contributed by atoms with van der Waals surface area (Å²) in [5.74, 6) is 0. The minimum Gasteiger partial charge on any atom is -0.324 e. The zero-order chi connectivity index (χ0) is 13.6. The van der Waals surface area contributed by atoms with Crippen LogP contribution < -0.4 is 5.73 Å². The largest absolute Gasteiger partial charge is 0.324 e. The molecular weight excluding hydrogens is 258 g/mol. The number of benzene rings is 1. The molecular formula is C15H18ClN3. The van der Waals surface area contributed by atoms with Crippen LogP contribution in [-0.2, 0) is 6.42 Å². The van der Waals surface area contributed by atoms with Crippen molar-refractivity contribution in [1.82, 2.24) is 9.78 Å². The van der Waals surface area contributed by atoms with Crippen molar-refractivity contribution < 1.29 is 0 Å². The van der Waals surface area contributed by atoms with Gasteiger partial charge in [-0.05, 0) is 30.4 Å². The molecule has 0 spiro atoms. The summed E-state index contributed by atoms with van der Waals surface area (Å²) in [4.78, 5) is 0. The van der Waals surface area contributed by atoms with Crippen LogP contribution in [0.3, 0.4) is 0 Å². The van der Waals surface area contributed by atoms with E-state index in [2.05, 4.69) is 18.9 Å². The molecule has 0 aliphatic heterocycles. The maximum atomic E-state index is 6.27. The summed E-state index contributed by atoms with van der Waals surface area (Å²) in [6.45, 7) is 4.50. The van der Waals surface area contributed by atoms with Crippen LogP contribution in [0.2, 0.25) is 5.02 Å². The predicted molar refractivity (Wildman–Crippen MR) is 77.6 cm³/mol. The van der Waals surface area contributed by atoms with Crippen LogP contribution in [0.15, 0.2) is 30.5 Å². The Bertz CT molecular complexity index is 616. The smallest absolute Gasteiger partial charge is 0.0835 e. The van der Waals surface area contributed by atoms with Crippen molar-refractivity contribution in [2.45, 2.75) is 32.7 Å². The van der Waals surface area contributed by atoms with Crippen LogP contribution in [0, 0.1) is 5.41 Å². The molecule has 3 rings (SSSR count). The summed E-state index contributed by atoms with van der Waals surface area (Å²) in [5, 5.41) is 5.21. The molecule has 0 bridgehead atoms. The maximum absolute atomic E-state index is 6.27. The molecule has 0 amide bonds. The fourth-order valence-electron chi connectivity index (χ4n) is 2.93. The lowest BCUT2D eigenvalue weighted by molar-refractivity contribution is 0.278. The molecule has 1 aromatic heterocycles. The van der Waals surface area contributed by atoms with Crippen molar-refractivity contribution in [2.75, 3.05) is 0 Å². The second kappa shape index (κ2) is 4.36. The van der Waals surface area contributed by atoms with Crippen molar-refractivity contribution in [1.29, 1.82) is 0 Å². The molecule has 19 heavy (non-hydrogen) atoms. The third-order valence-corrected chi connectivity index (χ3v) is 4.12. The average molecular weight is 276 g/mol. The number of nitrogens with two attached hydrogens (primary N) is 1. The minimum absolute atomic E-state index is 0.0648. The van der Waals surface area contributed by atoms with E-state index >= 15 is 0 Å². The number of fused-ring (bicyclic) bond motifs is 1. The minimum atomic E-state index is 0.0648. The highest BCUT2D eigenvalue weighted by atomic mass is 35.5. The van der Waals surface area contributed by atoms with Gasteiger partial charge in [-0.1, -0.05) is 37.6 Å². The summed E-state index contributed by atoms with van der Waals surface area (Å²) in [6, 6.07) is 7.84. The molecule has 4 heteroatoms. The molecule has 2 N–H and O–H groups in total. The molecule has 2 aromatic rings. The van der Waals surface area contributed by atoms with Gasteiger partial charge in [0.15, 0.2) is 0 Å². The quantitative estimate of drug-likeness (QED) is 0.866. The van der Waals surface area contributed by atoms with Crippen LogP contribution in [-0.4, -0.2) is 9.78 Å². The van der Waals surface area contributed by atoms with Gasteiger partial charge in [0.1, 0.15) is 0 Å². The van der Waals surface area contributed by atoms with Crippen molar-refractivity contribution >= 4 is 11.6 Å². The van der Waals surface area contributed by atoms with Crippen molar-refractivity contribution in [2.24, 2.45) is 11.1 Å². The molecule has 0 fully saturated rings. The molecule has 0 saturated heterocycles. The van der Waals surface area contributed by atoms with Crippen molar-refractivity contribution in [3.63, 3.8) is 0 Å². The molecule has 1 heterocycles. The Kier molecular flexibility index (Phi) is 2.91. The Morgan fingerprint density at radius 3 is 2.84 bits per heavy atom. The van der Waals surface area contributed by atoms with E-state index in [4.69, 9.17) is 17.3 Å². The van der Waals surface area contributed by atoms with E-state index in [-0.39, 0.29) is 11.5 Å². The van der Waals surface area contributed by atoms with Gasteiger partial charge < -0.3 is 5.73 Å². The zero-order valence-electron chi connectivity index (χ0n) is 11.2. The van der Waals surface area contributed by atoms with E-state index in [0.717, 1.165) is 24.1 Å². The normalized spacial score (nSPS) is 21.2. The van der Waals surface area contributed by atoms with Crippen LogP contribution in [0.5, 0.6) is 0 Å². The molecule has 1 atom stereocenters. The molecule has 1 aliphatic rings. The first kappa shape index (κ1) is 12.7. The van der Waals surface area contributed by atoms with E-state index in [1.54, 1.807) is 0 Å². The number of hydrogen-bond donors (Lipinski definition) is 1. The highest BCUT2D eigenvalue weighted by molar-refractivity contribution is 6.32. The fraction of sp³-hybridized carbons (Fsp3) is 0.400. The molecule has 1 unspecified atom stereocenters. The average Bonchev–Trinajstić information content (AvgIpc) is 2.72. The van der Waals surface area contributed by atoms with Crippen LogP contribution in [0.1, 0.15) is 37.6 Å². The van der Waals surface area contributed by atoms with Gasteiger partial charge in [-0.15, -0.1) is 0 Å².